The van der Waals surface area contributed by atoms with Crippen LogP contribution in [0.15, 0.2) is 234 Å². The first-order valence-electron chi connectivity index (χ1n) is 21.5. The Morgan fingerprint density at radius 3 is 1.10 bits per heavy atom. The van der Waals surface area contributed by atoms with Gasteiger partial charge in [-0.1, -0.05) is 230 Å². The van der Waals surface area contributed by atoms with Crippen molar-refractivity contribution in [3.8, 4) is 33.4 Å². The first kappa shape index (κ1) is 35.3. The lowest BCUT2D eigenvalue weighted by molar-refractivity contribution is 0.938. The van der Waals surface area contributed by atoms with Crippen LogP contribution in [-0.4, -0.2) is 0 Å². The zero-order chi connectivity index (χ0) is 40.7. The molecule has 0 saturated carbocycles. The fourth-order valence-electron chi connectivity index (χ4n) is 10.7. The minimum absolute atomic E-state index is 0.0281. The monoisotopic (exact) mass is 802 g/mol. The average molecular weight is 803 g/mol. The minimum Gasteiger partial charge on any atom is -0.0881 e. The SMILES string of the molecule is c1ccc(-c2c(-c3ccccc3)c3cc(-c4ccc(C5c6c(c7ccccc7c7ccccc67)Sc6c5c5ccccc5c5ccccc65)cc4)ccc3c3ccccc23)cc1. The number of benzene rings is 12. The first-order chi connectivity index (χ1) is 30.8. The molecule has 12 aromatic rings. The van der Waals surface area contributed by atoms with Crippen LogP contribution in [0, 0.1) is 0 Å². The molecule has 0 radical (unpaired) electrons. The third-order valence-electron chi connectivity index (χ3n) is 13.4. The molecule has 0 saturated heterocycles. The van der Waals surface area contributed by atoms with E-state index in [1.54, 1.807) is 0 Å². The van der Waals surface area contributed by atoms with Gasteiger partial charge in [-0.25, -0.2) is 0 Å². The molecule has 1 aliphatic rings. The van der Waals surface area contributed by atoms with Gasteiger partial charge in [-0.2, -0.15) is 0 Å². The Kier molecular flexibility index (Phi) is 8.01. The topological polar surface area (TPSA) is 0 Å². The Hall–Kier alpha value is -7.45. The predicted octanol–water partition coefficient (Wildman–Crippen LogP) is 17.3. The standard InChI is InChI=1S/C61H38S/c1-3-17-39(18-4-1)55-49-26-12-7-23-45(49)48-36-35-42(37-54(48)56(55)40-19-5-2-6-20-40)38-31-33-41(34-32-38)57-58-50-27-13-8-21-43(50)46-24-10-15-29-52(46)60(58)62-61-53-30-16-11-25-47(53)44-22-9-14-28-51(44)59(57)61/h1-37,57H. The van der Waals surface area contributed by atoms with E-state index in [4.69, 9.17) is 0 Å². The van der Waals surface area contributed by atoms with Gasteiger partial charge in [-0.05, 0) is 121 Å². The Morgan fingerprint density at radius 2 is 0.597 bits per heavy atom. The Labute approximate surface area is 364 Å². The van der Waals surface area contributed by atoms with Crippen molar-refractivity contribution in [2.75, 3.05) is 0 Å². The summed E-state index contributed by atoms with van der Waals surface area (Å²) in [6, 6.07) is 83.6. The van der Waals surface area contributed by atoms with E-state index in [1.165, 1.54) is 124 Å². The van der Waals surface area contributed by atoms with Crippen molar-refractivity contribution in [3.63, 3.8) is 0 Å². The van der Waals surface area contributed by atoms with Gasteiger partial charge < -0.3 is 0 Å². The Bertz CT molecular complexity index is 3630. The van der Waals surface area contributed by atoms with Crippen molar-refractivity contribution in [1.82, 2.24) is 0 Å². The van der Waals surface area contributed by atoms with E-state index in [1.807, 2.05) is 11.8 Å². The van der Waals surface area contributed by atoms with Gasteiger partial charge in [0.05, 0.1) is 0 Å². The van der Waals surface area contributed by atoms with E-state index < -0.39 is 0 Å². The highest BCUT2D eigenvalue weighted by molar-refractivity contribution is 8.00. The quantitative estimate of drug-likeness (QED) is 0.160. The summed E-state index contributed by atoms with van der Waals surface area (Å²) >= 11 is 1.97. The van der Waals surface area contributed by atoms with Crippen LogP contribution in [0.1, 0.15) is 22.6 Å². The summed E-state index contributed by atoms with van der Waals surface area (Å²) in [6.07, 6.45) is 0. The maximum Gasteiger partial charge on any atom is 0.0375 e. The third-order valence-corrected chi connectivity index (χ3v) is 14.6. The van der Waals surface area contributed by atoms with Crippen LogP contribution in [0.2, 0.25) is 0 Å². The van der Waals surface area contributed by atoms with Crippen LogP contribution in [0.25, 0.3) is 98.0 Å². The maximum absolute atomic E-state index is 2.44. The largest absolute Gasteiger partial charge is 0.0881 e. The molecule has 1 heteroatoms. The normalized spacial score (nSPS) is 12.7. The molecule has 0 spiro atoms. The molecule has 1 heterocycles. The number of hydrogen-bond donors (Lipinski definition) is 0. The molecule has 0 bridgehead atoms. The third kappa shape index (κ3) is 5.29. The van der Waals surface area contributed by atoms with Crippen molar-refractivity contribution < 1.29 is 0 Å². The summed E-state index contributed by atoms with van der Waals surface area (Å²) in [7, 11) is 0. The summed E-state index contributed by atoms with van der Waals surface area (Å²) in [6.45, 7) is 0. The summed E-state index contributed by atoms with van der Waals surface area (Å²) in [5, 5.41) is 15.6. The molecule has 0 fully saturated rings. The van der Waals surface area contributed by atoms with Crippen molar-refractivity contribution in [2.45, 2.75) is 15.7 Å². The van der Waals surface area contributed by atoms with E-state index >= 15 is 0 Å². The highest BCUT2D eigenvalue weighted by Gasteiger charge is 2.34. The highest BCUT2D eigenvalue weighted by atomic mass is 32.2. The molecule has 12 aromatic carbocycles. The maximum atomic E-state index is 2.44. The van der Waals surface area contributed by atoms with E-state index in [0.717, 1.165) is 0 Å². The Balaban J connectivity index is 1.06. The van der Waals surface area contributed by atoms with Gasteiger partial charge in [-0.3, -0.25) is 0 Å². The molecule has 0 amide bonds. The number of rotatable bonds is 4. The molecule has 0 nitrogen and oxygen atoms in total. The molecule has 13 rings (SSSR count). The molecule has 0 atom stereocenters. The van der Waals surface area contributed by atoms with Crippen LogP contribution in [0.3, 0.4) is 0 Å². The van der Waals surface area contributed by atoms with E-state index in [0.29, 0.717) is 0 Å². The number of hydrogen-bond acceptors (Lipinski definition) is 1. The fraction of sp³-hybridized carbons (Fsp3) is 0.0164. The first-order valence-corrected chi connectivity index (χ1v) is 22.4. The minimum atomic E-state index is 0.0281. The van der Waals surface area contributed by atoms with E-state index in [9.17, 15) is 0 Å². The second-order valence-electron chi connectivity index (χ2n) is 16.6. The number of fused-ring (bicyclic) bond motifs is 15. The lowest BCUT2D eigenvalue weighted by atomic mass is 9.78. The van der Waals surface area contributed by atoms with Crippen LogP contribution >= 0.6 is 11.8 Å². The molecular weight excluding hydrogens is 765 g/mol. The van der Waals surface area contributed by atoms with Gasteiger partial charge in [0, 0.05) is 15.7 Å². The molecule has 62 heavy (non-hydrogen) atoms. The summed E-state index contributed by atoms with van der Waals surface area (Å²) < 4.78 is 0. The second-order valence-corrected chi connectivity index (χ2v) is 17.6. The Morgan fingerprint density at radius 1 is 0.242 bits per heavy atom. The molecule has 0 unspecified atom stereocenters. The van der Waals surface area contributed by atoms with Crippen molar-refractivity contribution in [1.29, 1.82) is 0 Å². The molecular formula is C61H38S. The summed E-state index contributed by atoms with van der Waals surface area (Å²) in [5.41, 5.74) is 11.5. The van der Waals surface area contributed by atoms with Gasteiger partial charge in [0.1, 0.15) is 0 Å². The zero-order valence-corrected chi connectivity index (χ0v) is 34.7. The van der Waals surface area contributed by atoms with Crippen LogP contribution in [-0.2, 0) is 0 Å². The van der Waals surface area contributed by atoms with Gasteiger partial charge in [-0.15, -0.1) is 0 Å². The summed E-state index contributed by atoms with van der Waals surface area (Å²) in [4.78, 5) is 2.73. The van der Waals surface area contributed by atoms with E-state index in [2.05, 4.69) is 224 Å². The average Bonchev–Trinajstić information content (AvgIpc) is 3.36. The van der Waals surface area contributed by atoms with Crippen LogP contribution in [0.4, 0.5) is 0 Å². The highest BCUT2D eigenvalue weighted by Crippen LogP contribution is 2.58. The molecule has 0 aliphatic carbocycles. The second kappa shape index (κ2) is 14.1. The lowest BCUT2D eigenvalue weighted by Crippen LogP contribution is -2.12. The van der Waals surface area contributed by atoms with Crippen LogP contribution < -0.4 is 0 Å². The lowest BCUT2D eigenvalue weighted by Gasteiger charge is -2.33. The van der Waals surface area contributed by atoms with Crippen LogP contribution in [0.5, 0.6) is 0 Å². The van der Waals surface area contributed by atoms with Gasteiger partial charge >= 0.3 is 0 Å². The van der Waals surface area contributed by atoms with Gasteiger partial charge in [0.2, 0.25) is 0 Å². The van der Waals surface area contributed by atoms with Crippen molar-refractivity contribution in [3.05, 3.63) is 241 Å². The molecule has 0 aromatic heterocycles. The van der Waals surface area contributed by atoms with Crippen molar-refractivity contribution in [2.24, 2.45) is 0 Å². The fourth-order valence-corrected chi connectivity index (χ4v) is 12.1. The summed E-state index contributed by atoms with van der Waals surface area (Å²) in [5.74, 6) is 0.0281. The van der Waals surface area contributed by atoms with E-state index in [-0.39, 0.29) is 5.92 Å². The molecule has 288 valence electrons. The zero-order valence-electron chi connectivity index (χ0n) is 33.8. The predicted molar refractivity (Wildman–Crippen MR) is 266 cm³/mol. The smallest absolute Gasteiger partial charge is 0.0375 e. The van der Waals surface area contributed by atoms with Gasteiger partial charge in [0.15, 0.2) is 0 Å². The van der Waals surface area contributed by atoms with Gasteiger partial charge in [0.25, 0.3) is 0 Å². The molecule has 1 aliphatic heterocycles. The molecule has 0 N–H and O–H groups in total. The van der Waals surface area contributed by atoms with Crippen molar-refractivity contribution >= 4 is 76.4 Å².